The minimum atomic E-state index is -3.77. The number of benzene rings is 2. The first-order valence-corrected chi connectivity index (χ1v) is 9.98. The fourth-order valence-electron chi connectivity index (χ4n) is 2.60. The fourth-order valence-corrected chi connectivity index (χ4v) is 3.99. The van der Waals surface area contributed by atoms with Gasteiger partial charge in [-0.2, -0.15) is 0 Å². The van der Waals surface area contributed by atoms with Crippen molar-refractivity contribution in [2.75, 3.05) is 19.4 Å². The fraction of sp³-hybridized carbons (Fsp3) is 0.167. The second-order valence-electron chi connectivity index (χ2n) is 6.15. The van der Waals surface area contributed by atoms with Gasteiger partial charge in [-0.15, -0.1) is 0 Å². The Bertz CT molecular complexity index is 1220. The van der Waals surface area contributed by atoms with Gasteiger partial charge in [0.15, 0.2) is 0 Å². The van der Waals surface area contributed by atoms with Crippen LogP contribution in [0.4, 0.5) is 5.69 Å². The Morgan fingerprint density at radius 1 is 1.21 bits per heavy atom. The second kappa shape index (κ2) is 7.70. The van der Waals surface area contributed by atoms with Gasteiger partial charge in [-0.1, -0.05) is 23.7 Å². The quantitative estimate of drug-likeness (QED) is 0.679. The van der Waals surface area contributed by atoms with Crippen LogP contribution < -0.4 is 10.9 Å². The Balaban J connectivity index is 1.89. The molecular weight excluding hydrogens is 404 g/mol. The van der Waals surface area contributed by atoms with E-state index in [4.69, 9.17) is 11.6 Å². The number of amides is 1. The number of carbonyl (C=O) groups excluding carboxylic acids is 1. The van der Waals surface area contributed by atoms with Crippen LogP contribution in [0.25, 0.3) is 11.0 Å². The highest BCUT2D eigenvalue weighted by Crippen LogP contribution is 2.26. The number of nitrogens with one attached hydrogen (secondary N) is 1. The zero-order valence-electron chi connectivity index (χ0n) is 15.1. The van der Waals surface area contributed by atoms with Crippen LogP contribution in [0.3, 0.4) is 0 Å². The van der Waals surface area contributed by atoms with E-state index in [9.17, 15) is 18.0 Å². The molecule has 0 bridgehead atoms. The minimum Gasteiger partial charge on any atom is -0.324 e. The molecule has 146 valence electrons. The zero-order valence-corrected chi connectivity index (χ0v) is 16.7. The zero-order chi connectivity index (χ0) is 20.5. The largest absolute Gasteiger partial charge is 0.324 e. The predicted octanol–water partition coefficient (Wildman–Crippen LogP) is 1.94. The number of anilines is 1. The minimum absolute atomic E-state index is 0.0445. The number of hydrogen-bond acceptors (Lipinski definition) is 5. The van der Waals surface area contributed by atoms with Crippen molar-refractivity contribution in [1.29, 1.82) is 0 Å². The first-order valence-electron chi connectivity index (χ1n) is 8.16. The molecule has 0 aliphatic carbocycles. The lowest BCUT2D eigenvalue weighted by Gasteiger charge is -2.14. The van der Waals surface area contributed by atoms with Crippen LogP contribution in [-0.4, -0.2) is 42.3 Å². The highest BCUT2D eigenvalue weighted by Gasteiger charge is 2.21. The van der Waals surface area contributed by atoms with Crippen molar-refractivity contribution in [3.63, 3.8) is 0 Å². The van der Waals surface area contributed by atoms with Gasteiger partial charge in [0.05, 0.1) is 22.3 Å². The summed E-state index contributed by atoms with van der Waals surface area (Å²) in [6.07, 6.45) is 1.15. The molecular formula is C18H17ClN4O4S. The third-order valence-corrected chi connectivity index (χ3v) is 6.32. The van der Waals surface area contributed by atoms with E-state index in [1.54, 1.807) is 24.3 Å². The molecule has 3 rings (SSSR count). The molecule has 0 unspecified atom stereocenters. The van der Waals surface area contributed by atoms with E-state index in [1.807, 2.05) is 0 Å². The number of halogens is 1. The molecule has 0 radical (unpaired) electrons. The maximum Gasteiger partial charge on any atom is 0.269 e. The average molecular weight is 421 g/mol. The number of para-hydroxylation sites is 2. The van der Waals surface area contributed by atoms with Gasteiger partial charge in [-0.05, 0) is 30.3 Å². The summed E-state index contributed by atoms with van der Waals surface area (Å²) >= 11 is 6.01. The molecule has 28 heavy (non-hydrogen) atoms. The lowest BCUT2D eigenvalue weighted by Crippen LogP contribution is -2.28. The number of fused-ring (bicyclic) bond motifs is 1. The monoisotopic (exact) mass is 420 g/mol. The van der Waals surface area contributed by atoms with E-state index < -0.39 is 21.5 Å². The van der Waals surface area contributed by atoms with Crippen LogP contribution in [0.1, 0.15) is 0 Å². The Hall–Kier alpha value is -2.75. The van der Waals surface area contributed by atoms with Gasteiger partial charge < -0.3 is 5.32 Å². The standard InChI is InChI=1S/C18H17ClN4O4S/c1-22(2)28(26,27)16-9-12(7-8-13(16)19)21-17(24)11-23-15-6-4-3-5-14(15)20-10-18(23)25/h3-10H,11H2,1-2H3,(H,21,24). The van der Waals surface area contributed by atoms with E-state index in [-0.39, 0.29) is 22.2 Å². The van der Waals surface area contributed by atoms with Gasteiger partial charge in [0, 0.05) is 19.8 Å². The van der Waals surface area contributed by atoms with Gasteiger partial charge in [0.2, 0.25) is 15.9 Å². The molecule has 0 atom stereocenters. The number of nitrogens with zero attached hydrogens (tertiary/aromatic N) is 3. The first kappa shape index (κ1) is 20.0. The molecule has 0 fully saturated rings. The van der Waals surface area contributed by atoms with Crippen molar-refractivity contribution < 1.29 is 13.2 Å². The van der Waals surface area contributed by atoms with E-state index in [1.165, 1.54) is 36.9 Å². The molecule has 1 heterocycles. The summed E-state index contributed by atoms with van der Waals surface area (Å²) in [6.45, 7) is -0.250. The Morgan fingerprint density at radius 3 is 2.64 bits per heavy atom. The topological polar surface area (TPSA) is 101 Å². The third-order valence-electron chi connectivity index (χ3n) is 4.03. The first-order chi connectivity index (χ1) is 13.2. The van der Waals surface area contributed by atoms with Gasteiger partial charge in [0.25, 0.3) is 5.56 Å². The summed E-state index contributed by atoms with van der Waals surface area (Å²) in [5.74, 6) is -0.492. The van der Waals surface area contributed by atoms with Gasteiger partial charge in [-0.25, -0.2) is 17.7 Å². The Labute approximate surface area is 166 Å². The molecule has 1 aromatic heterocycles. The van der Waals surface area contributed by atoms with Crippen molar-refractivity contribution in [3.8, 4) is 0 Å². The van der Waals surface area contributed by atoms with Crippen LogP contribution in [-0.2, 0) is 21.4 Å². The highest BCUT2D eigenvalue weighted by molar-refractivity contribution is 7.89. The van der Waals surface area contributed by atoms with Crippen LogP contribution >= 0.6 is 11.6 Å². The molecule has 1 N–H and O–H groups in total. The number of sulfonamides is 1. The summed E-state index contributed by atoms with van der Waals surface area (Å²) in [5, 5.41) is 2.64. The Morgan fingerprint density at radius 2 is 1.93 bits per heavy atom. The van der Waals surface area contributed by atoms with E-state index >= 15 is 0 Å². The van der Waals surface area contributed by atoms with Crippen LogP contribution in [0.15, 0.2) is 58.4 Å². The maximum absolute atomic E-state index is 12.5. The summed E-state index contributed by atoms with van der Waals surface area (Å²) in [5.41, 5.74) is 0.944. The molecule has 2 aromatic carbocycles. The molecule has 10 heteroatoms. The molecule has 0 spiro atoms. The van der Waals surface area contributed by atoms with Crippen LogP contribution in [0.2, 0.25) is 5.02 Å². The van der Waals surface area contributed by atoms with Crippen molar-refractivity contribution in [3.05, 3.63) is 64.0 Å². The second-order valence-corrected chi connectivity index (χ2v) is 8.68. The lowest BCUT2D eigenvalue weighted by molar-refractivity contribution is -0.116. The van der Waals surface area contributed by atoms with Gasteiger partial charge >= 0.3 is 0 Å². The SMILES string of the molecule is CN(C)S(=O)(=O)c1cc(NC(=O)Cn2c(=O)cnc3ccccc32)ccc1Cl. The summed E-state index contributed by atoms with van der Waals surface area (Å²) < 4.78 is 27.0. The van der Waals surface area contributed by atoms with Crippen LogP contribution in [0, 0.1) is 0 Å². The molecule has 8 nitrogen and oxygen atoms in total. The summed E-state index contributed by atoms with van der Waals surface area (Å²) in [6, 6.07) is 11.1. The number of rotatable bonds is 5. The lowest BCUT2D eigenvalue weighted by atomic mass is 10.3. The van der Waals surface area contributed by atoms with Crippen molar-refractivity contribution in [2.24, 2.45) is 0 Å². The molecule has 0 saturated carbocycles. The van der Waals surface area contributed by atoms with Crippen molar-refractivity contribution in [1.82, 2.24) is 13.9 Å². The van der Waals surface area contributed by atoms with E-state index in [0.29, 0.717) is 11.0 Å². The molecule has 0 saturated heterocycles. The number of hydrogen-bond donors (Lipinski definition) is 1. The van der Waals surface area contributed by atoms with Crippen LogP contribution in [0.5, 0.6) is 0 Å². The smallest absolute Gasteiger partial charge is 0.269 e. The maximum atomic E-state index is 12.5. The van der Waals surface area contributed by atoms with Gasteiger partial charge in [0.1, 0.15) is 11.4 Å². The van der Waals surface area contributed by atoms with Crippen molar-refractivity contribution in [2.45, 2.75) is 11.4 Å². The molecule has 0 aliphatic heterocycles. The molecule has 1 amide bonds. The molecule has 0 aliphatic rings. The van der Waals surface area contributed by atoms with Gasteiger partial charge in [-0.3, -0.25) is 14.2 Å². The predicted molar refractivity (Wildman–Crippen MR) is 107 cm³/mol. The van der Waals surface area contributed by atoms with E-state index in [2.05, 4.69) is 10.3 Å². The summed E-state index contributed by atoms with van der Waals surface area (Å²) in [4.78, 5) is 28.5. The molecule has 3 aromatic rings. The van der Waals surface area contributed by atoms with E-state index in [0.717, 1.165) is 10.5 Å². The highest BCUT2D eigenvalue weighted by atomic mass is 35.5. The van der Waals surface area contributed by atoms with Crippen molar-refractivity contribution >= 4 is 44.3 Å². The number of carbonyl (C=O) groups is 1. The third kappa shape index (κ3) is 3.91. The Kier molecular flexibility index (Phi) is 5.50. The number of aromatic nitrogens is 2. The normalized spacial score (nSPS) is 11.7. The average Bonchev–Trinajstić information content (AvgIpc) is 2.65. The summed E-state index contributed by atoms with van der Waals surface area (Å²) in [7, 11) is -1.00.